The molecular formula is C14H21NO2. The maximum absolute atomic E-state index is 5.48. The molecule has 1 aromatic rings. The second-order valence-corrected chi connectivity index (χ2v) is 4.54. The Balaban J connectivity index is 2.00. The summed E-state index contributed by atoms with van der Waals surface area (Å²) >= 11 is 0. The van der Waals surface area contributed by atoms with Gasteiger partial charge in [-0.1, -0.05) is 18.2 Å². The molecule has 0 radical (unpaired) electrons. The molecule has 2 atom stereocenters. The van der Waals surface area contributed by atoms with Crippen LogP contribution in [0.3, 0.4) is 0 Å². The van der Waals surface area contributed by atoms with Crippen molar-refractivity contribution >= 4 is 0 Å². The summed E-state index contributed by atoms with van der Waals surface area (Å²) in [5.41, 5.74) is 1.21. The van der Waals surface area contributed by atoms with Crippen molar-refractivity contribution in [2.24, 2.45) is 0 Å². The molecule has 3 nitrogen and oxygen atoms in total. The van der Waals surface area contributed by atoms with E-state index in [1.807, 2.05) is 18.2 Å². The molecular weight excluding hydrogens is 214 g/mol. The van der Waals surface area contributed by atoms with Crippen molar-refractivity contribution in [3.8, 4) is 5.75 Å². The van der Waals surface area contributed by atoms with Gasteiger partial charge in [-0.25, -0.2) is 0 Å². The Morgan fingerprint density at radius 1 is 1.41 bits per heavy atom. The summed E-state index contributed by atoms with van der Waals surface area (Å²) in [5.74, 6) is 0.948. The lowest BCUT2D eigenvalue weighted by atomic mass is 10.0. The van der Waals surface area contributed by atoms with Crippen LogP contribution in [0.4, 0.5) is 0 Å². The minimum absolute atomic E-state index is 0.290. The number of rotatable bonds is 4. The first kappa shape index (κ1) is 12.4. The van der Waals surface area contributed by atoms with Gasteiger partial charge in [0, 0.05) is 24.3 Å². The van der Waals surface area contributed by atoms with Gasteiger partial charge >= 0.3 is 0 Å². The molecule has 1 aliphatic rings. The summed E-state index contributed by atoms with van der Waals surface area (Å²) in [7, 11) is 1.72. The van der Waals surface area contributed by atoms with Gasteiger partial charge in [0.05, 0.1) is 13.7 Å². The maximum Gasteiger partial charge on any atom is 0.123 e. The van der Waals surface area contributed by atoms with Crippen molar-refractivity contribution < 1.29 is 9.47 Å². The molecule has 0 amide bonds. The normalized spacial score (nSPS) is 22.1. The van der Waals surface area contributed by atoms with Crippen LogP contribution in [0.2, 0.25) is 0 Å². The summed E-state index contributed by atoms with van der Waals surface area (Å²) in [5, 5.41) is 3.60. The minimum Gasteiger partial charge on any atom is -0.496 e. The first-order chi connectivity index (χ1) is 8.31. The van der Waals surface area contributed by atoms with Crippen molar-refractivity contribution in [3.63, 3.8) is 0 Å². The lowest BCUT2D eigenvalue weighted by Gasteiger charge is -2.27. The Morgan fingerprint density at radius 2 is 2.24 bits per heavy atom. The predicted molar refractivity (Wildman–Crippen MR) is 68.4 cm³/mol. The molecule has 1 heterocycles. The summed E-state index contributed by atoms with van der Waals surface area (Å²) in [6.45, 7) is 3.90. The molecule has 1 aromatic carbocycles. The molecule has 0 aliphatic carbocycles. The molecule has 3 heteroatoms. The Labute approximate surface area is 103 Å². The van der Waals surface area contributed by atoms with Crippen LogP contribution in [0, 0.1) is 0 Å². The van der Waals surface area contributed by atoms with Gasteiger partial charge in [0.1, 0.15) is 5.75 Å². The molecule has 0 aromatic heterocycles. The van der Waals surface area contributed by atoms with E-state index in [1.54, 1.807) is 7.11 Å². The lowest BCUT2D eigenvalue weighted by molar-refractivity contribution is 0.0670. The van der Waals surface area contributed by atoms with Gasteiger partial charge in [-0.15, -0.1) is 0 Å². The standard InChI is InChI=1S/C14H21NO2/c1-11(15-12-6-5-9-17-10-12)13-7-3-4-8-14(13)16-2/h3-4,7-8,11-12,15H,5-6,9-10H2,1-2H3/t11-,12?/m0/s1. The van der Waals surface area contributed by atoms with E-state index < -0.39 is 0 Å². The van der Waals surface area contributed by atoms with Crippen LogP contribution in [0.25, 0.3) is 0 Å². The van der Waals surface area contributed by atoms with E-state index in [9.17, 15) is 0 Å². The van der Waals surface area contributed by atoms with Gasteiger partial charge in [0.2, 0.25) is 0 Å². The molecule has 0 spiro atoms. The fraction of sp³-hybridized carbons (Fsp3) is 0.571. The third kappa shape index (κ3) is 3.20. The molecule has 94 valence electrons. The molecule has 0 bridgehead atoms. The summed E-state index contributed by atoms with van der Waals surface area (Å²) < 4.78 is 10.9. The van der Waals surface area contributed by atoms with E-state index >= 15 is 0 Å². The minimum atomic E-state index is 0.290. The first-order valence-corrected chi connectivity index (χ1v) is 6.28. The number of ether oxygens (including phenoxy) is 2. The highest BCUT2D eigenvalue weighted by molar-refractivity contribution is 5.35. The highest BCUT2D eigenvalue weighted by Crippen LogP contribution is 2.25. The van der Waals surface area contributed by atoms with E-state index in [2.05, 4.69) is 18.3 Å². The number of hydrogen-bond acceptors (Lipinski definition) is 3. The Morgan fingerprint density at radius 3 is 2.94 bits per heavy atom. The van der Waals surface area contributed by atoms with Gasteiger partial charge in [-0.2, -0.15) is 0 Å². The van der Waals surface area contributed by atoms with Crippen LogP contribution in [0.5, 0.6) is 5.75 Å². The Kier molecular flexibility index (Phi) is 4.40. The predicted octanol–water partition coefficient (Wildman–Crippen LogP) is 2.52. The fourth-order valence-electron chi connectivity index (χ4n) is 2.34. The highest BCUT2D eigenvalue weighted by Gasteiger charge is 2.18. The van der Waals surface area contributed by atoms with Crippen LogP contribution in [0.1, 0.15) is 31.4 Å². The van der Waals surface area contributed by atoms with Gasteiger partial charge in [0.25, 0.3) is 0 Å². The van der Waals surface area contributed by atoms with E-state index in [-0.39, 0.29) is 6.04 Å². The first-order valence-electron chi connectivity index (χ1n) is 6.28. The highest BCUT2D eigenvalue weighted by atomic mass is 16.5. The number of para-hydroxylation sites is 1. The molecule has 1 aliphatic heterocycles. The molecule has 17 heavy (non-hydrogen) atoms. The van der Waals surface area contributed by atoms with Gasteiger partial charge in [-0.3, -0.25) is 0 Å². The van der Waals surface area contributed by atoms with Crippen molar-refractivity contribution in [2.45, 2.75) is 31.8 Å². The second-order valence-electron chi connectivity index (χ2n) is 4.54. The lowest BCUT2D eigenvalue weighted by Crippen LogP contribution is -2.38. The monoisotopic (exact) mass is 235 g/mol. The average Bonchev–Trinajstić information content (AvgIpc) is 2.40. The zero-order valence-corrected chi connectivity index (χ0v) is 10.6. The van der Waals surface area contributed by atoms with Crippen LogP contribution >= 0.6 is 0 Å². The maximum atomic E-state index is 5.48. The zero-order chi connectivity index (χ0) is 12.1. The van der Waals surface area contributed by atoms with Gasteiger partial charge in [-0.05, 0) is 25.8 Å². The van der Waals surface area contributed by atoms with E-state index in [0.717, 1.165) is 25.4 Å². The largest absolute Gasteiger partial charge is 0.496 e. The van der Waals surface area contributed by atoms with Crippen LogP contribution in [0.15, 0.2) is 24.3 Å². The van der Waals surface area contributed by atoms with E-state index in [1.165, 1.54) is 12.0 Å². The molecule has 1 saturated heterocycles. The zero-order valence-electron chi connectivity index (χ0n) is 10.6. The quantitative estimate of drug-likeness (QED) is 0.870. The summed E-state index contributed by atoms with van der Waals surface area (Å²) in [4.78, 5) is 0. The molecule has 2 rings (SSSR count). The molecule has 1 fully saturated rings. The number of methoxy groups -OCH3 is 1. The third-order valence-electron chi connectivity index (χ3n) is 3.25. The van der Waals surface area contributed by atoms with Crippen molar-refractivity contribution in [1.82, 2.24) is 5.32 Å². The van der Waals surface area contributed by atoms with Gasteiger partial charge < -0.3 is 14.8 Å². The average molecular weight is 235 g/mol. The van der Waals surface area contributed by atoms with Gasteiger partial charge in [0.15, 0.2) is 0 Å². The van der Waals surface area contributed by atoms with Crippen LogP contribution < -0.4 is 10.1 Å². The number of hydrogen-bond donors (Lipinski definition) is 1. The topological polar surface area (TPSA) is 30.5 Å². The Bertz CT molecular complexity index is 348. The third-order valence-corrected chi connectivity index (χ3v) is 3.25. The van der Waals surface area contributed by atoms with Crippen LogP contribution in [-0.4, -0.2) is 26.4 Å². The molecule has 1 unspecified atom stereocenters. The smallest absolute Gasteiger partial charge is 0.123 e. The summed E-state index contributed by atoms with van der Waals surface area (Å²) in [6, 6.07) is 8.92. The van der Waals surface area contributed by atoms with Crippen molar-refractivity contribution in [1.29, 1.82) is 0 Å². The second kappa shape index (κ2) is 6.03. The van der Waals surface area contributed by atoms with E-state index in [4.69, 9.17) is 9.47 Å². The SMILES string of the molecule is COc1ccccc1[C@H](C)NC1CCCOC1. The van der Waals surface area contributed by atoms with Crippen molar-refractivity contribution in [3.05, 3.63) is 29.8 Å². The van der Waals surface area contributed by atoms with E-state index in [0.29, 0.717) is 6.04 Å². The fourth-order valence-corrected chi connectivity index (χ4v) is 2.34. The summed E-state index contributed by atoms with van der Waals surface area (Å²) in [6.07, 6.45) is 2.34. The Hall–Kier alpha value is -1.06. The molecule has 0 saturated carbocycles. The van der Waals surface area contributed by atoms with Crippen LogP contribution in [-0.2, 0) is 4.74 Å². The number of nitrogens with one attached hydrogen (secondary N) is 1. The van der Waals surface area contributed by atoms with Crippen molar-refractivity contribution in [2.75, 3.05) is 20.3 Å². The number of benzene rings is 1. The molecule has 1 N–H and O–H groups in total.